The highest BCUT2D eigenvalue weighted by Crippen LogP contribution is 2.17. The third-order valence-electron chi connectivity index (χ3n) is 2.00. The molecule has 1 nitrogen and oxygen atoms in total. The van der Waals surface area contributed by atoms with Crippen molar-refractivity contribution in [2.75, 3.05) is 0 Å². The summed E-state index contributed by atoms with van der Waals surface area (Å²) in [5.74, 6) is 0. The first kappa shape index (κ1) is 8.39. The van der Waals surface area contributed by atoms with E-state index < -0.39 is 0 Å². The lowest BCUT2D eigenvalue weighted by atomic mass is 10.1. The van der Waals surface area contributed by atoms with Gasteiger partial charge < -0.3 is 4.98 Å². The van der Waals surface area contributed by atoms with Crippen LogP contribution in [-0.2, 0) is 6.42 Å². The summed E-state index contributed by atoms with van der Waals surface area (Å²) in [4.78, 5) is 3.15. The summed E-state index contributed by atoms with van der Waals surface area (Å²) in [5, 5.41) is 0.831. The van der Waals surface area contributed by atoms with Crippen LogP contribution in [0.15, 0.2) is 42.6 Å². The third-order valence-corrected chi connectivity index (χ3v) is 2.37. The monoisotopic (exact) mass is 191 g/mol. The summed E-state index contributed by atoms with van der Waals surface area (Å²) in [6.07, 6.45) is 2.79. The van der Waals surface area contributed by atoms with Crippen LogP contribution in [0.3, 0.4) is 0 Å². The summed E-state index contributed by atoms with van der Waals surface area (Å²) >= 11 is 6.03. The Balaban J connectivity index is 2.24. The number of H-pyrrole nitrogens is 1. The molecule has 0 amide bonds. The van der Waals surface area contributed by atoms with Crippen LogP contribution in [0.25, 0.3) is 0 Å². The van der Waals surface area contributed by atoms with E-state index >= 15 is 0 Å². The highest BCUT2D eigenvalue weighted by atomic mass is 35.5. The fourth-order valence-corrected chi connectivity index (χ4v) is 1.53. The average molecular weight is 192 g/mol. The van der Waals surface area contributed by atoms with Crippen molar-refractivity contribution >= 4 is 11.6 Å². The molecule has 0 bridgehead atoms. The molecule has 0 radical (unpaired) electrons. The first-order chi connectivity index (χ1) is 6.36. The van der Waals surface area contributed by atoms with Gasteiger partial charge >= 0.3 is 0 Å². The molecule has 0 aliphatic rings. The van der Waals surface area contributed by atoms with E-state index in [0.29, 0.717) is 0 Å². The number of nitrogens with one attached hydrogen (secondary N) is 1. The zero-order valence-corrected chi connectivity index (χ0v) is 7.88. The normalized spacial score (nSPS) is 10.2. The van der Waals surface area contributed by atoms with Crippen LogP contribution in [0.1, 0.15) is 11.3 Å². The quantitative estimate of drug-likeness (QED) is 0.750. The van der Waals surface area contributed by atoms with E-state index in [1.165, 1.54) is 5.69 Å². The van der Waals surface area contributed by atoms with E-state index in [9.17, 15) is 0 Å². The second-order valence-electron chi connectivity index (χ2n) is 2.96. The minimum absolute atomic E-state index is 0.831. The molecule has 2 aromatic rings. The first-order valence-corrected chi connectivity index (χ1v) is 4.60. The van der Waals surface area contributed by atoms with Crippen molar-refractivity contribution in [1.29, 1.82) is 0 Å². The Labute approximate surface area is 82.4 Å². The molecule has 13 heavy (non-hydrogen) atoms. The fraction of sp³-hybridized carbons (Fsp3) is 0.0909. The molecule has 1 heterocycles. The Bertz CT molecular complexity index is 379. The molecule has 1 N–H and O–H groups in total. The van der Waals surface area contributed by atoms with Crippen molar-refractivity contribution in [3.8, 4) is 0 Å². The van der Waals surface area contributed by atoms with E-state index in [1.54, 1.807) is 0 Å². The molecule has 0 aliphatic heterocycles. The lowest BCUT2D eigenvalue weighted by Gasteiger charge is -2.01. The molecule has 0 unspecified atom stereocenters. The molecule has 66 valence electrons. The van der Waals surface area contributed by atoms with Crippen LogP contribution >= 0.6 is 11.6 Å². The maximum atomic E-state index is 6.03. The first-order valence-electron chi connectivity index (χ1n) is 4.22. The maximum absolute atomic E-state index is 6.03. The van der Waals surface area contributed by atoms with Gasteiger partial charge in [0.15, 0.2) is 0 Å². The largest absolute Gasteiger partial charge is 0.365 e. The van der Waals surface area contributed by atoms with Crippen LogP contribution in [-0.4, -0.2) is 4.98 Å². The zero-order chi connectivity index (χ0) is 9.10. The number of hydrogen-bond acceptors (Lipinski definition) is 0. The molecule has 0 aliphatic carbocycles. The van der Waals surface area contributed by atoms with Gasteiger partial charge in [-0.25, -0.2) is 0 Å². The maximum Gasteiger partial charge on any atom is 0.0441 e. The van der Waals surface area contributed by atoms with Crippen molar-refractivity contribution in [2.24, 2.45) is 0 Å². The predicted molar refractivity (Wildman–Crippen MR) is 55.1 cm³/mol. The van der Waals surface area contributed by atoms with Gasteiger partial charge in [-0.15, -0.1) is 0 Å². The minimum atomic E-state index is 0.831. The molecule has 0 saturated carbocycles. The van der Waals surface area contributed by atoms with Crippen LogP contribution in [0, 0.1) is 0 Å². The summed E-state index contributed by atoms with van der Waals surface area (Å²) in [5.41, 5.74) is 2.35. The standard InChI is InChI=1S/C11H10ClN/c12-11-6-2-1-4-9(11)8-10-5-3-7-13-10/h1-7,13H,8H2. The molecular formula is C11H10ClN. The summed E-state index contributed by atoms with van der Waals surface area (Å²) in [6.45, 7) is 0. The van der Waals surface area contributed by atoms with Crippen molar-refractivity contribution < 1.29 is 0 Å². The minimum Gasteiger partial charge on any atom is -0.365 e. The second-order valence-corrected chi connectivity index (χ2v) is 3.37. The van der Waals surface area contributed by atoms with Gasteiger partial charge in [-0.05, 0) is 23.8 Å². The second kappa shape index (κ2) is 3.67. The Kier molecular flexibility index (Phi) is 2.37. The van der Waals surface area contributed by atoms with Gasteiger partial charge in [0.2, 0.25) is 0 Å². The van der Waals surface area contributed by atoms with Crippen molar-refractivity contribution in [3.63, 3.8) is 0 Å². The average Bonchev–Trinajstić information content (AvgIpc) is 2.61. The van der Waals surface area contributed by atoms with Crippen LogP contribution in [0.2, 0.25) is 5.02 Å². The molecule has 0 spiro atoms. The van der Waals surface area contributed by atoms with Gasteiger partial charge in [0.1, 0.15) is 0 Å². The fourth-order valence-electron chi connectivity index (χ4n) is 1.32. The summed E-state index contributed by atoms with van der Waals surface area (Å²) < 4.78 is 0. The highest BCUT2D eigenvalue weighted by molar-refractivity contribution is 6.31. The van der Waals surface area contributed by atoms with E-state index in [-0.39, 0.29) is 0 Å². The number of hydrogen-bond donors (Lipinski definition) is 1. The smallest absolute Gasteiger partial charge is 0.0441 e. The lowest BCUT2D eigenvalue weighted by molar-refractivity contribution is 1.11. The molecule has 0 saturated heterocycles. The Morgan fingerprint density at radius 1 is 1.08 bits per heavy atom. The topological polar surface area (TPSA) is 15.8 Å². The highest BCUT2D eigenvalue weighted by Gasteiger charge is 1.99. The number of aromatic amines is 1. The number of benzene rings is 1. The van der Waals surface area contributed by atoms with Gasteiger partial charge in [-0.1, -0.05) is 29.8 Å². The number of rotatable bonds is 2. The van der Waals surface area contributed by atoms with Gasteiger partial charge in [-0.3, -0.25) is 0 Å². The SMILES string of the molecule is Clc1ccccc1Cc1ccc[nH]1. The van der Waals surface area contributed by atoms with Gasteiger partial charge in [0, 0.05) is 23.3 Å². The van der Waals surface area contributed by atoms with E-state index in [2.05, 4.69) is 11.1 Å². The van der Waals surface area contributed by atoms with Crippen molar-refractivity contribution in [1.82, 2.24) is 4.98 Å². The number of halogens is 1. The lowest BCUT2D eigenvalue weighted by Crippen LogP contribution is -1.88. The van der Waals surface area contributed by atoms with Crippen molar-refractivity contribution in [2.45, 2.75) is 6.42 Å². The molecule has 0 fully saturated rings. The molecule has 2 heteroatoms. The van der Waals surface area contributed by atoms with Crippen LogP contribution < -0.4 is 0 Å². The van der Waals surface area contributed by atoms with Gasteiger partial charge in [-0.2, -0.15) is 0 Å². The Hall–Kier alpha value is -1.21. The molecular weight excluding hydrogens is 182 g/mol. The zero-order valence-electron chi connectivity index (χ0n) is 7.13. The molecule has 2 rings (SSSR count). The van der Waals surface area contributed by atoms with Crippen molar-refractivity contribution in [3.05, 3.63) is 58.9 Å². The number of aromatic nitrogens is 1. The molecule has 1 aromatic carbocycles. The third kappa shape index (κ3) is 1.93. The van der Waals surface area contributed by atoms with Crippen LogP contribution in [0.4, 0.5) is 0 Å². The predicted octanol–water partition coefficient (Wildman–Crippen LogP) is 3.26. The molecule has 1 aromatic heterocycles. The molecule has 0 atom stereocenters. The van der Waals surface area contributed by atoms with E-state index in [1.807, 2.05) is 36.5 Å². The Morgan fingerprint density at radius 2 is 1.92 bits per heavy atom. The van der Waals surface area contributed by atoms with E-state index in [4.69, 9.17) is 11.6 Å². The Morgan fingerprint density at radius 3 is 2.62 bits per heavy atom. The van der Waals surface area contributed by atoms with Gasteiger partial charge in [0.25, 0.3) is 0 Å². The van der Waals surface area contributed by atoms with E-state index in [0.717, 1.165) is 17.0 Å². The van der Waals surface area contributed by atoms with Gasteiger partial charge in [0.05, 0.1) is 0 Å². The van der Waals surface area contributed by atoms with Crippen LogP contribution in [0.5, 0.6) is 0 Å². The summed E-state index contributed by atoms with van der Waals surface area (Å²) in [6, 6.07) is 12.0. The summed E-state index contributed by atoms with van der Waals surface area (Å²) in [7, 11) is 0.